The molecule has 5 heteroatoms. The van der Waals surface area contributed by atoms with Crippen LogP contribution in [0.4, 0.5) is 5.82 Å². The Morgan fingerprint density at radius 1 is 1.22 bits per heavy atom. The predicted molar refractivity (Wildman–Crippen MR) is 88.8 cm³/mol. The molecule has 4 rings (SSSR count). The third-order valence-corrected chi connectivity index (χ3v) is 4.93. The van der Waals surface area contributed by atoms with Gasteiger partial charge in [0.2, 0.25) is 0 Å². The number of ether oxygens (including phenoxy) is 1. The van der Waals surface area contributed by atoms with Crippen LogP contribution < -0.4 is 9.64 Å². The van der Waals surface area contributed by atoms with Gasteiger partial charge in [0.15, 0.2) is 0 Å². The maximum Gasteiger partial charge on any atom is 0.132 e. The molecule has 0 aromatic carbocycles. The van der Waals surface area contributed by atoms with Gasteiger partial charge < -0.3 is 9.64 Å². The minimum atomic E-state index is 0.207. The van der Waals surface area contributed by atoms with E-state index in [9.17, 15) is 0 Å². The summed E-state index contributed by atoms with van der Waals surface area (Å²) in [6.07, 6.45) is 10.4. The second-order valence-corrected chi connectivity index (χ2v) is 6.54. The molecule has 120 valence electrons. The van der Waals surface area contributed by atoms with E-state index < -0.39 is 0 Å². The molecule has 1 unspecified atom stereocenters. The molecule has 0 spiro atoms. The SMILES string of the molecule is Cc1cnccc1OC1CCN(c2cc(C3CCC3)ncn2)C1. The summed E-state index contributed by atoms with van der Waals surface area (Å²) in [6, 6.07) is 4.11. The normalized spacial score (nSPS) is 21.3. The van der Waals surface area contributed by atoms with Crippen molar-refractivity contribution in [3.05, 3.63) is 42.1 Å². The lowest BCUT2D eigenvalue weighted by molar-refractivity contribution is 0.223. The summed E-state index contributed by atoms with van der Waals surface area (Å²) in [5, 5.41) is 0. The van der Waals surface area contributed by atoms with Gasteiger partial charge >= 0.3 is 0 Å². The van der Waals surface area contributed by atoms with Crippen LogP contribution in [0.1, 0.15) is 42.9 Å². The molecule has 1 saturated heterocycles. The summed E-state index contributed by atoms with van der Waals surface area (Å²) in [5.41, 5.74) is 2.29. The first kappa shape index (κ1) is 14.4. The fourth-order valence-corrected chi connectivity index (χ4v) is 3.27. The Morgan fingerprint density at radius 2 is 2.13 bits per heavy atom. The quantitative estimate of drug-likeness (QED) is 0.868. The van der Waals surface area contributed by atoms with Gasteiger partial charge in [-0.15, -0.1) is 0 Å². The second-order valence-electron chi connectivity index (χ2n) is 6.54. The summed E-state index contributed by atoms with van der Waals surface area (Å²) in [5.74, 6) is 2.62. The minimum absolute atomic E-state index is 0.207. The third-order valence-electron chi connectivity index (χ3n) is 4.93. The number of pyridine rings is 1. The van der Waals surface area contributed by atoms with Crippen LogP contribution in [0.15, 0.2) is 30.9 Å². The van der Waals surface area contributed by atoms with Gasteiger partial charge in [-0.3, -0.25) is 4.98 Å². The van der Waals surface area contributed by atoms with Gasteiger partial charge in [0.25, 0.3) is 0 Å². The molecular formula is C18H22N4O. The zero-order valence-electron chi connectivity index (χ0n) is 13.5. The van der Waals surface area contributed by atoms with Crippen LogP contribution in [-0.2, 0) is 0 Å². The van der Waals surface area contributed by atoms with Gasteiger partial charge in [-0.05, 0) is 25.8 Å². The third kappa shape index (κ3) is 3.00. The van der Waals surface area contributed by atoms with Crippen LogP contribution in [0.3, 0.4) is 0 Å². The van der Waals surface area contributed by atoms with Crippen molar-refractivity contribution in [3.8, 4) is 5.75 Å². The average molecular weight is 310 g/mol. The smallest absolute Gasteiger partial charge is 0.132 e. The Labute approximate surface area is 136 Å². The Kier molecular flexibility index (Phi) is 3.85. The van der Waals surface area contributed by atoms with E-state index >= 15 is 0 Å². The summed E-state index contributed by atoms with van der Waals surface area (Å²) < 4.78 is 6.14. The van der Waals surface area contributed by atoms with Crippen molar-refractivity contribution in [1.29, 1.82) is 0 Å². The van der Waals surface area contributed by atoms with E-state index in [2.05, 4.69) is 25.9 Å². The predicted octanol–water partition coefficient (Wildman–Crippen LogP) is 3.11. The standard InChI is InChI=1S/C18H22N4O/c1-13-10-19-7-5-17(13)23-15-6-8-22(11-15)18-9-16(20-12-21-18)14-3-2-4-14/h5,7,9-10,12,14-15H,2-4,6,8,11H2,1H3. The summed E-state index contributed by atoms with van der Waals surface area (Å²) in [7, 11) is 0. The second kappa shape index (κ2) is 6.14. The Bertz CT molecular complexity index is 686. The zero-order valence-corrected chi connectivity index (χ0v) is 13.5. The monoisotopic (exact) mass is 310 g/mol. The van der Waals surface area contributed by atoms with E-state index in [1.807, 2.05) is 19.2 Å². The Balaban J connectivity index is 1.43. The van der Waals surface area contributed by atoms with E-state index in [0.717, 1.165) is 36.6 Å². The molecule has 5 nitrogen and oxygen atoms in total. The van der Waals surface area contributed by atoms with Gasteiger partial charge in [0.1, 0.15) is 24.0 Å². The molecule has 0 N–H and O–H groups in total. The Hall–Kier alpha value is -2.17. The van der Waals surface area contributed by atoms with Crippen molar-refractivity contribution in [3.63, 3.8) is 0 Å². The molecule has 1 atom stereocenters. The highest BCUT2D eigenvalue weighted by atomic mass is 16.5. The fourth-order valence-electron chi connectivity index (χ4n) is 3.27. The highest BCUT2D eigenvalue weighted by Crippen LogP contribution is 2.36. The van der Waals surface area contributed by atoms with Crippen molar-refractivity contribution in [2.45, 2.75) is 44.6 Å². The van der Waals surface area contributed by atoms with Crippen LogP contribution in [0.2, 0.25) is 0 Å². The van der Waals surface area contributed by atoms with E-state index in [-0.39, 0.29) is 6.10 Å². The number of anilines is 1. The number of hydrogen-bond acceptors (Lipinski definition) is 5. The lowest BCUT2D eigenvalue weighted by Crippen LogP contribution is -2.26. The average Bonchev–Trinajstić information content (AvgIpc) is 2.97. The molecule has 0 bridgehead atoms. The molecule has 2 fully saturated rings. The van der Waals surface area contributed by atoms with Crippen molar-refractivity contribution in [2.24, 2.45) is 0 Å². The molecule has 1 saturated carbocycles. The van der Waals surface area contributed by atoms with Crippen LogP contribution in [0.5, 0.6) is 5.75 Å². The van der Waals surface area contributed by atoms with Crippen molar-refractivity contribution >= 4 is 5.82 Å². The summed E-state index contributed by atoms with van der Waals surface area (Å²) in [6.45, 7) is 3.89. The van der Waals surface area contributed by atoms with Gasteiger partial charge in [-0.2, -0.15) is 0 Å². The largest absolute Gasteiger partial charge is 0.488 e. The van der Waals surface area contributed by atoms with Crippen molar-refractivity contribution < 1.29 is 4.74 Å². The topological polar surface area (TPSA) is 51.1 Å². The fraction of sp³-hybridized carbons (Fsp3) is 0.500. The van der Waals surface area contributed by atoms with Gasteiger partial charge in [-0.1, -0.05) is 6.42 Å². The molecular weight excluding hydrogens is 288 g/mol. The highest BCUT2D eigenvalue weighted by Gasteiger charge is 2.27. The first-order valence-electron chi connectivity index (χ1n) is 8.44. The molecule has 1 aliphatic carbocycles. The van der Waals surface area contributed by atoms with Crippen LogP contribution in [0, 0.1) is 6.92 Å². The van der Waals surface area contributed by atoms with E-state index in [1.54, 1.807) is 12.5 Å². The molecule has 0 radical (unpaired) electrons. The molecule has 23 heavy (non-hydrogen) atoms. The van der Waals surface area contributed by atoms with Gasteiger partial charge in [0.05, 0.1) is 6.54 Å². The lowest BCUT2D eigenvalue weighted by Gasteiger charge is -2.26. The molecule has 2 aromatic heterocycles. The molecule has 2 aromatic rings. The van der Waals surface area contributed by atoms with Crippen LogP contribution in [0.25, 0.3) is 0 Å². The van der Waals surface area contributed by atoms with E-state index in [4.69, 9.17) is 4.74 Å². The Morgan fingerprint density at radius 3 is 2.91 bits per heavy atom. The molecule has 1 aliphatic heterocycles. The van der Waals surface area contributed by atoms with Crippen LogP contribution >= 0.6 is 0 Å². The molecule has 0 amide bonds. The first-order valence-corrected chi connectivity index (χ1v) is 8.44. The van der Waals surface area contributed by atoms with Gasteiger partial charge in [0, 0.05) is 48.6 Å². The molecule has 3 heterocycles. The first-order chi connectivity index (χ1) is 11.3. The zero-order chi connectivity index (χ0) is 15.6. The maximum atomic E-state index is 6.14. The maximum absolute atomic E-state index is 6.14. The minimum Gasteiger partial charge on any atom is -0.488 e. The number of aromatic nitrogens is 3. The summed E-state index contributed by atoms with van der Waals surface area (Å²) >= 11 is 0. The highest BCUT2D eigenvalue weighted by molar-refractivity contribution is 5.41. The van der Waals surface area contributed by atoms with Crippen molar-refractivity contribution in [2.75, 3.05) is 18.0 Å². The number of hydrogen-bond donors (Lipinski definition) is 0. The van der Waals surface area contributed by atoms with E-state index in [1.165, 1.54) is 25.0 Å². The van der Waals surface area contributed by atoms with Crippen molar-refractivity contribution in [1.82, 2.24) is 15.0 Å². The van der Waals surface area contributed by atoms with Crippen LogP contribution in [-0.4, -0.2) is 34.1 Å². The van der Waals surface area contributed by atoms with Gasteiger partial charge in [-0.25, -0.2) is 9.97 Å². The number of aryl methyl sites for hydroxylation is 1. The summed E-state index contributed by atoms with van der Waals surface area (Å²) in [4.78, 5) is 15.4. The number of rotatable bonds is 4. The lowest BCUT2D eigenvalue weighted by atomic mass is 9.83. The number of nitrogens with zero attached hydrogens (tertiary/aromatic N) is 4. The van der Waals surface area contributed by atoms with E-state index in [0.29, 0.717) is 5.92 Å². The molecule has 2 aliphatic rings.